The Kier molecular flexibility index (Phi) is 7.73. The number of nitrogens with zero attached hydrogens (tertiary/aromatic N) is 2. The van der Waals surface area contributed by atoms with Gasteiger partial charge in [0.15, 0.2) is 0 Å². The van der Waals surface area contributed by atoms with E-state index in [9.17, 15) is 0 Å². The first-order valence-electron chi connectivity index (χ1n) is 8.34. The van der Waals surface area contributed by atoms with Crippen LogP contribution < -0.4 is 10.6 Å². The van der Waals surface area contributed by atoms with Crippen molar-refractivity contribution < 1.29 is 0 Å². The molecule has 0 aliphatic heterocycles. The van der Waals surface area contributed by atoms with Gasteiger partial charge in [-0.3, -0.25) is 0 Å². The summed E-state index contributed by atoms with van der Waals surface area (Å²) in [6.45, 7) is 13.3. The number of anilines is 1. The summed E-state index contributed by atoms with van der Waals surface area (Å²) in [5, 5.41) is 0. The van der Waals surface area contributed by atoms with Crippen molar-refractivity contribution >= 4 is 5.82 Å². The molecular weight excluding hydrogens is 258 g/mol. The molecule has 1 aromatic heterocycles. The monoisotopic (exact) mass is 291 g/mol. The smallest absolute Gasteiger partial charge is 0.128 e. The zero-order valence-electron chi connectivity index (χ0n) is 14.5. The van der Waals surface area contributed by atoms with Crippen molar-refractivity contribution in [3.8, 4) is 0 Å². The Hall–Kier alpha value is -1.09. The number of hydrogen-bond acceptors (Lipinski definition) is 3. The van der Waals surface area contributed by atoms with Gasteiger partial charge >= 0.3 is 0 Å². The third-order valence-electron chi connectivity index (χ3n) is 3.64. The van der Waals surface area contributed by atoms with E-state index in [4.69, 9.17) is 5.73 Å². The molecule has 0 saturated heterocycles. The van der Waals surface area contributed by atoms with Gasteiger partial charge in [-0.15, -0.1) is 0 Å². The van der Waals surface area contributed by atoms with Gasteiger partial charge in [0.2, 0.25) is 0 Å². The SMILES string of the molecule is CC(C)CCN(CCC(C)C)c1ccc(CC(C)N)cn1. The first-order valence-corrected chi connectivity index (χ1v) is 8.34. The van der Waals surface area contributed by atoms with Crippen molar-refractivity contribution in [1.29, 1.82) is 0 Å². The molecule has 21 heavy (non-hydrogen) atoms. The van der Waals surface area contributed by atoms with Crippen molar-refractivity contribution in [3.05, 3.63) is 23.9 Å². The van der Waals surface area contributed by atoms with Gasteiger partial charge in [0.25, 0.3) is 0 Å². The highest BCUT2D eigenvalue weighted by Gasteiger charge is 2.10. The number of pyridine rings is 1. The molecule has 0 fully saturated rings. The van der Waals surface area contributed by atoms with E-state index in [0.29, 0.717) is 0 Å². The molecule has 120 valence electrons. The molecule has 1 unspecified atom stereocenters. The fourth-order valence-electron chi connectivity index (χ4n) is 2.27. The Balaban J connectivity index is 2.71. The highest BCUT2D eigenvalue weighted by Crippen LogP contribution is 2.16. The van der Waals surface area contributed by atoms with Gasteiger partial charge in [0.05, 0.1) is 0 Å². The van der Waals surface area contributed by atoms with E-state index in [1.165, 1.54) is 18.4 Å². The number of rotatable bonds is 9. The molecule has 0 bridgehead atoms. The van der Waals surface area contributed by atoms with Crippen LogP contribution in [0, 0.1) is 11.8 Å². The van der Waals surface area contributed by atoms with Crippen LogP contribution in [0.4, 0.5) is 5.82 Å². The molecule has 3 heteroatoms. The van der Waals surface area contributed by atoms with Crippen LogP contribution in [0.1, 0.15) is 53.0 Å². The molecule has 1 rings (SSSR count). The van der Waals surface area contributed by atoms with Gasteiger partial charge in [-0.1, -0.05) is 33.8 Å². The third-order valence-corrected chi connectivity index (χ3v) is 3.64. The second-order valence-electron chi connectivity index (χ2n) is 7.06. The molecule has 0 spiro atoms. The Morgan fingerprint density at radius 3 is 1.95 bits per heavy atom. The van der Waals surface area contributed by atoms with Crippen LogP contribution in [0.3, 0.4) is 0 Å². The maximum absolute atomic E-state index is 5.85. The standard InChI is InChI=1S/C18H33N3/c1-14(2)8-10-21(11-9-15(3)4)18-7-6-17(13-20-18)12-16(5)19/h6-7,13-16H,8-12,19H2,1-5H3. The molecular formula is C18H33N3. The van der Waals surface area contributed by atoms with Crippen molar-refractivity contribution in [2.45, 2.75) is 59.9 Å². The molecule has 0 amide bonds. The zero-order chi connectivity index (χ0) is 15.8. The fourth-order valence-corrected chi connectivity index (χ4v) is 2.27. The molecule has 0 aliphatic carbocycles. The van der Waals surface area contributed by atoms with Crippen molar-refractivity contribution in [2.75, 3.05) is 18.0 Å². The highest BCUT2D eigenvalue weighted by atomic mass is 15.2. The highest BCUT2D eigenvalue weighted by molar-refractivity contribution is 5.39. The summed E-state index contributed by atoms with van der Waals surface area (Å²) in [5.41, 5.74) is 7.07. The number of aromatic nitrogens is 1. The number of hydrogen-bond donors (Lipinski definition) is 1. The average molecular weight is 291 g/mol. The van der Waals surface area contributed by atoms with Crippen molar-refractivity contribution in [1.82, 2.24) is 4.98 Å². The van der Waals surface area contributed by atoms with E-state index in [0.717, 1.165) is 37.2 Å². The maximum atomic E-state index is 5.85. The van der Waals surface area contributed by atoms with Gasteiger partial charge in [-0.25, -0.2) is 4.98 Å². The Morgan fingerprint density at radius 1 is 1.00 bits per heavy atom. The largest absolute Gasteiger partial charge is 0.357 e. The molecule has 2 N–H and O–H groups in total. The average Bonchev–Trinajstić information content (AvgIpc) is 2.39. The van der Waals surface area contributed by atoms with Crippen LogP contribution >= 0.6 is 0 Å². The Bertz CT molecular complexity index is 370. The Labute approximate surface area is 130 Å². The lowest BCUT2D eigenvalue weighted by Gasteiger charge is -2.25. The van der Waals surface area contributed by atoms with Crippen molar-refractivity contribution in [2.24, 2.45) is 17.6 Å². The maximum Gasteiger partial charge on any atom is 0.128 e. The minimum absolute atomic E-state index is 0.190. The summed E-state index contributed by atoms with van der Waals surface area (Å²) < 4.78 is 0. The second-order valence-corrected chi connectivity index (χ2v) is 7.06. The molecule has 1 heterocycles. The van der Waals surface area contributed by atoms with E-state index >= 15 is 0 Å². The van der Waals surface area contributed by atoms with E-state index < -0.39 is 0 Å². The molecule has 0 aromatic carbocycles. The molecule has 0 radical (unpaired) electrons. The van der Waals surface area contributed by atoms with Gasteiger partial charge in [0, 0.05) is 25.3 Å². The minimum Gasteiger partial charge on any atom is -0.357 e. The molecule has 1 aromatic rings. The molecule has 0 saturated carbocycles. The van der Waals surface area contributed by atoms with Crippen LogP contribution in [0.15, 0.2) is 18.3 Å². The summed E-state index contributed by atoms with van der Waals surface area (Å²) >= 11 is 0. The third kappa shape index (κ3) is 7.47. The van der Waals surface area contributed by atoms with Crippen LogP contribution in [-0.2, 0) is 6.42 Å². The molecule has 0 aliphatic rings. The van der Waals surface area contributed by atoms with Gasteiger partial charge in [-0.05, 0) is 49.7 Å². The van der Waals surface area contributed by atoms with Crippen molar-refractivity contribution in [3.63, 3.8) is 0 Å². The summed E-state index contributed by atoms with van der Waals surface area (Å²) in [6.07, 6.45) is 5.30. The van der Waals surface area contributed by atoms with E-state index in [1.54, 1.807) is 0 Å². The quantitative estimate of drug-likeness (QED) is 0.751. The first kappa shape index (κ1) is 18.0. The van der Waals surface area contributed by atoms with E-state index in [-0.39, 0.29) is 6.04 Å². The summed E-state index contributed by atoms with van der Waals surface area (Å²) in [6, 6.07) is 4.51. The minimum atomic E-state index is 0.190. The zero-order valence-corrected chi connectivity index (χ0v) is 14.5. The van der Waals surface area contributed by atoms with Gasteiger partial charge in [0.1, 0.15) is 5.82 Å². The normalized spacial score (nSPS) is 13.0. The second kappa shape index (κ2) is 9.04. The van der Waals surface area contributed by atoms with Crippen LogP contribution in [-0.4, -0.2) is 24.1 Å². The lowest BCUT2D eigenvalue weighted by Crippen LogP contribution is -2.28. The number of nitrogens with two attached hydrogens (primary N) is 1. The summed E-state index contributed by atoms with van der Waals surface area (Å²) in [4.78, 5) is 7.08. The predicted octanol–water partition coefficient (Wildman–Crippen LogP) is 3.87. The topological polar surface area (TPSA) is 42.1 Å². The van der Waals surface area contributed by atoms with Crippen LogP contribution in [0.2, 0.25) is 0 Å². The summed E-state index contributed by atoms with van der Waals surface area (Å²) in [7, 11) is 0. The van der Waals surface area contributed by atoms with E-state index in [1.807, 2.05) is 13.1 Å². The van der Waals surface area contributed by atoms with E-state index in [2.05, 4.69) is 49.7 Å². The fraction of sp³-hybridized carbons (Fsp3) is 0.722. The lowest BCUT2D eigenvalue weighted by molar-refractivity contribution is 0.533. The first-order chi connectivity index (χ1) is 9.88. The molecule has 3 nitrogen and oxygen atoms in total. The summed E-state index contributed by atoms with van der Waals surface area (Å²) in [5.74, 6) is 2.55. The van der Waals surface area contributed by atoms with Crippen LogP contribution in [0.25, 0.3) is 0 Å². The van der Waals surface area contributed by atoms with Crippen LogP contribution in [0.5, 0.6) is 0 Å². The predicted molar refractivity (Wildman–Crippen MR) is 92.7 cm³/mol. The Morgan fingerprint density at radius 2 is 1.57 bits per heavy atom. The lowest BCUT2D eigenvalue weighted by atomic mass is 10.1. The van der Waals surface area contributed by atoms with Gasteiger partial charge < -0.3 is 10.6 Å². The van der Waals surface area contributed by atoms with Gasteiger partial charge in [-0.2, -0.15) is 0 Å². The molecule has 1 atom stereocenters.